The minimum atomic E-state index is -3.35. The molecular formula is C18H37NO3S. The predicted molar refractivity (Wildman–Crippen MR) is 98.1 cm³/mol. The summed E-state index contributed by atoms with van der Waals surface area (Å²) in [5.74, 6) is -0.0124. The van der Waals surface area contributed by atoms with E-state index in [1.54, 1.807) is 0 Å². The van der Waals surface area contributed by atoms with Crippen molar-refractivity contribution in [2.45, 2.75) is 97.9 Å². The van der Waals surface area contributed by atoms with E-state index in [0.29, 0.717) is 6.42 Å². The van der Waals surface area contributed by atoms with Crippen LogP contribution in [0.3, 0.4) is 0 Å². The summed E-state index contributed by atoms with van der Waals surface area (Å²) in [4.78, 5) is 11.5. The lowest BCUT2D eigenvalue weighted by atomic mass is 10.0. The topological polar surface area (TPSA) is 63.2 Å². The van der Waals surface area contributed by atoms with Gasteiger partial charge >= 0.3 is 0 Å². The minimum absolute atomic E-state index is 0.0185. The number of carbonyl (C=O) groups is 1. The summed E-state index contributed by atoms with van der Waals surface area (Å²) in [6.45, 7) is 7.38. The fourth-order valence-electron chi connectivity index (χ4n) is 2.72. The molecule has 0 saturated carbocycles. The van der Waals surface area contributed by atoms with Crippen molar-refractivity contribution >= 4 is 15.8 Å². The van der Waals surface area contributed by atoms with Gasteiger partial charge in [0.15, 0.2) is 0 Å². The summed E-state index contributed by atoms with van der Waals surface area (Å²) < 4.78 is 26.6. The molecule has 0 heterocycles. The molecule has 138 valence electrons. The van der Waals surface area contributed by atoms with E-state index in [1.165, 1.54) is 51.9 Å². The average Bonchev–Trinajstić information content (AvgIpc) is 2.46. The van der Waals surface area contributed by atoms with Crippen LogP contribution in [0.5, 0.6) is 0 Å². The Labute approximate surface area is 143 Å². The molecule has 0 radical (unpaired) electrons. The number of ketones is 1. The second-order valence-corrected chi connectivity index (χ2v) is 8.82. The van der Waals surface area contributed by atoms with Gasteiger partial charge in [-0.2, -0.15) is 0 Å². The molecule has 0 aliphatic heterocycles. The number of rotatable bonds is 15. The predicted octanol–water partition coefficient (Wildman–Crippen LogP) is 4.44. The zero-order valence-corrected chi connectivity index (χ0v) is 16.4. The monoisotopic (exact) mass is 347 g/mol. The maximum absolute atomic E-state index is 12.0. The Morgan fingerprint density at radius 2 is 1.30 bits per heavy atom. The second kappa shape index (κ2) is 12.9. The van der Waals surface area contributed by atoms with Crippen molar-refractivity contribution < 1.29 is 13.2 Å². The highest BCUT2D eigenvalue weighted by Gasteiger charge is 2.23. The van der Waals surface area contributed by atoms with Crippen molar-refractivity contribution in [3.8, 4) is 0 Å². The molecule has 0 unspecified atom stereocenters. The first-order valence-electron chi connectivity index (χ1n) is 9.30. The van der Waals surface area contributed by atoms with Crippen LogP contribution in [0.1, 0.15) is 91.9 Å². The normalized spacial score (nSPS) is 13.4. The van der Waals surface area contributed by atoms with Crippen molar-refractivity contribution in [2.24, 2.45) is 5.92 Å². The number of carbonyl (C=O) groups excluding carboxylic acids is 1. The average molecular weight is 348 g/mol. The van der Waals surface area contributed by atoms with Crippen molar-refractivity contribution in [3.63, 3.8) is 0 Å². The van der Waals surface area contributed by atoms with Gasteiger partial charge in [0, 0.05) is 0 Å². The summed E-state index contributed by atoms with van der Waals surface area (Å²) in [6.07, 6.45) is 11.8. The van der Waals surface area contributed by atoms with Gasteiger partial charge in [0.25, 0.3) is 0 Å². The first-order chi connectivity index (χ1) is 10.8. The zero-order valence-electron chi connectivity index (χ0n) is 15.6. The molecule has 4 nitrogen and oxygen atoms in total. The molecule has 0 amide bonds. The van der Waals surface area contributed by atoms with E-state index in [0.717, 1.165) is 12.8 Å². The van der Waals surface area contributed by atoms with Gasteiger partial charge in [-0.1, -0.05) is 78.6 Å². The van der Waals surface area contributed by atoms with Gasteiger partial charge in [-0.3, -0.25) is 4.79 Å². The molecule has 0 aromatic heterocycles. The standard InChI is InChI=1S/C18H37NO3S/c1-5-6-7-8-9-10-11-12-13-14-15-23(21,22)19-18(16(2)3)17(4)20/h16,18-19H,5-15H2,1-4H3/t18-/m0/s1. The maximum atomic E-state index is 12.0. The maximum Gasteiger partial charge on any atom is 0.212 e. The second-order valence-electron chi connectivity index (χ2n) is 6.95. The minimum Gasteiger partial charge on any atom is -0.298 e. The lowest BCUT2D eigenvalue weighted by Gasteiger charge is -2.19. The molecule has 0 aliphatic carbocycles. The van der Waals surface area contributed by atoms with E-state index in [2.05, 4.69) is 11.6 Å². The number of unbranched alkanes of at least 4 members (excludes halogenated alkanes) is 9. The van der Waals surface area contributed by atoms with E-state index in [-0.39, 0.29) is 17.5 Å². The van der Waals surface area contributed by atoms with Gasteiger partial charge in [-0.05, 0) is 19.3 Å². The van der Waals surface area contributed by atoms with E-state index in [1.807, 2.05) is 13.8 Å². The number of hydrogen-bond acceptors (Lipinski definition) is 3. The van der Waals surface area contributed by atoms with Crippen LogP contribution in [0.15, 0.2) is 0 Å². The van der Waals surface area contributed by atoms with Gasteiger partial charge in [-0.15, -0.1) is 0 Å². The van der Waals surface area contributed by atoms with E-state index >= 15 is 0 Å². The molecule has 23 heavy (non-hydrogen) atoms. The molecule has 0 bridgehead atoms. The Morgan fingerprint density at radius 3 is 1.70 bits per heavy atom. The largest absolute Gasteiger partial charge is 0.298 e. The summed E-state index contributed by atoms with van der Waals surface area (Å²) >= 11 is 0. The molecule has 0 saturated heterocycles. The van der Waals surface area contributed by atoms with Gasteiger partial charge in [0.1, 0.15) is 5.78 Å². The highest BCUT2D eigenvalue weighted by atomic mass is 32.2. The number of sulfonamides is 1. The van der Waals surface area contributed by atoms with E-state index in [9.17, 15) is 13.2 Å². The highest BCUT2D eigenvalue weighted by molar-refractivity contribution is 7.89. The summed E-state index contributed by atoms with van der Waals surface area (Å²) in [5.41, 5.74) is 0. The molecule has 5 heteroatoms. The third-order valence-corrected chi connectivity index (χ3v) is 5.62. The molecule has 1 N–H and O–H groups in total. The molecular weight excluding hydrogens is 310 g/mol. The SMILES string of the molecule is CCCCCCCCCCCCS(=O)(=O)N[C@H](C(C)=O)C(C)C. The fraction of sp³-hybridized carbons (Fsp3) is 0.944. The Kier molecular flexibility index (Phi) is 12.7. The Balaban J connectivity index is 3.76. The van der Waals surface area contributed by atoms with Crippen LogP contribution in [-0.2, 0) is 14.8 Å². The van der Waals surface area contributed by atoms with Crippen molar-refractivity contribution in [2.75, 3.05) is 5.75 Å². The Bertz CT molecular complexity index is 404. The van der Waals surface area contributed by atoms with Gasteiger partial charge < -0.3 is 0 Å². The molecule has 0 aromatic carbocycles. The van der Waals surface area contributed by atoms with Crippen LogP contribution in [0, 0.1) is 5.92 Å². The number of hydrogen-bond donors (Lipinski definition) is 1. The van der Waals surface area contributed by atoms with Crippen molar-refractivity contribution in [1.29, 1.82) is 0 Å². The van der Waals surface area contributed by atoms with E-state index < -0.39 is 16.1 Å². The zero-order chi connectivity index (χ0) is 17.7. The summed E-state index contributed by atoms with van der Waals surface area (Å²) in [5, 5.41) is 0. The third-order valence-electron chi connectivity index (χ3n) is 4.18. The lowest BCUT2D eigenvalue weighted by Crippen LogP contribution is -2.44. The van der Waals surface area contributed by atoms with Crippen LogP contribution in [0.2, 0.25) is 0 Å². The van der Waals surface area contributed by atoms with Crippen LogP contribution < -0.4 is 4.72 Å². The molecule has 0 aromatic rings. The number of Topliss-reactive ketones (excluding diaryl/α,β-unsaturated/α-hetero) is 1. The summed E-state index contributed by atoms with van der Waals surface area (Å²) in [6, 6.07) is -0.594. The van der Waals surface area contributed by atoms with Crippen molar-refractivity contribution in [1.82, 2.24) is 4.72 Å². The highest BCUT2D eigenvalue weighted by Crippen LogP contribution is 2.11. The molecule has 0 aliphatic rings. The van der Waals surface area contributed by atoms with Gasteiger partial charge in [-0.25, -0.2) is 13.1 Å². The summed E-state index contributed by atoms with van der Waals surface area (Å²) in [7, 11) is -3.35. The van der Waals surface area contributed by atoms with Gasteiger partial charge in [0.05, 0.1) is 11.8 Å². The smallest absolute Gasteiger partial charge is 0.212 e. The first-order valence-corrected chi connectivity index (χ1v) is 11.0. The Morgan fingerprint density at radius 1 is 0.870 bits per heavy atom. The van der Waals surface area contributed by atoms with E-state index in [4.69, 9.17) is 0 Å². The van der Waals surface area contributed by atoms with Crippen LogP contribution >= 0.6 is 0 Å². The van der Waals surface area contributed by atoms with Gasteiger partial charge in [0.2, 0.25) is 10.0 Å². The lowest BCUT2D eigenvalue weighted by molar-refractivity contribution is -0.119. The Hall–Kier alpha value is -0.420. The molecule has 0 fully saturated rings. The number of nitrogens with one attached hydrogen (secondary N) is 1. The molecule has 1 atom stereocenters. The van der Waals surface area contributed by atoms with Crippen molar-refractivity contribution in [3.05, 3.63) is 0 Å². The fourth-order valence-corrected chi connectivity index (χ4v) is 4.25. The van der Waals surface area contributed by atoms with Crippen LogP contribution in [0.4, 0.5) is 0 Å². The molecule has 0 spiro atoms. The van der Waals surface area contributed by atoms with Crippen LogP contribution in [-0.4, -0.2) is 26.0 Å². The van der Waals surface area contributed by atoms with Crippen LogP contribution in [0.25, 0.3) is 0 Å². The third kappa shape index (κ3) is 12.6. The molecule has 0 rings (SSSR count). The quantitative estimate of drug-likeness (QED) is 0.445. The first kappa shape index (κ1) is 22.6.